The molecule has 1 aliphatic rings. The molecule has 2 aromatic rings. The lowest BCUT2D eigenvalue weighted by Gasteiger charge is -2.35. The molecule has 0 saturated carbocycles. The highest BCUT2D eigenvalue weighted by atomic mass is 32.1. The van der Waals surface area contributed by atoms with E-state index in [0.29, 0.717) is 6.54 Å². The van der Waals surface area contributed by atoms with Crippen LogP contribution in [0, 0.1) is 0 Å². The zero-order valence-electron chi connectivity index (χ0n) is 14.1. The molecule has 0 aromatic carbocycles. The molecule has 2 aromatic heterocycles. The minimum Gasteiger partial charge on any atom is -0.440 e. The Bertz CT molecular complexity index is 790. The Labute approximate surface area is 161 Å². The Morgan fingerprint density at radius 3 is 2.78 bits per heavy atom. The average molecular weight is 418 g/mol. The smallest absolute Gasteiger partial charge is 0.422 e. The number of nitrogens with one attached hydrogen (secondary N) is 1. The Morgan fingerprint density at radius 2 is 2.07 bits per heavy atom. The average Bonchev–Trinajstić information content (AvgIpc) is 3.29. The van der Waals surface area contributed by atoms with Crippen molar-refractivity contribution >= 4 is 34.7 Å². The number of nitrogens with zero attached hydrogens (tertiary/aromatic N) is 1. The number of fused-ring (bicyclic) bond motifs is 1. The molecule has 1 atom stereocenters. The van der Waals surface area contributed by atoms with Gasteiger partial charge in [-0.3, -0.25) is 4.79 Å². The summed E-state index contributed by atoms with van der Waals surface area (Å²) in [6.45, 7) is -1.17. The molecule has 10 heteroatoms. The van der Waals surface area contributed by atoms with E-state index in [1.807, 2.05) is 29.0 Å². The Kier molecular flexibility index (Phi) is 6.05. The predicted molar refractivity (Wildman–Crippen MR) is 95.9 cm³/mol. The highest BCUT2D eigenvalue weighted by molar-refractivity contribution is 7.10. The van der Waals surface area contributed by atoms with Crippen molar-refractivity contribution in [1.29, 1.82) is 0 Å². The summed E-state index contributed by atoms with van der Waals surface area (Å²) in [4.78, 5) is 28.0. The van der Waals surface area contributed by atoms with Gasteiger partial charge in [-0.05, 0) is 34.9 Å². The molecule has 0 bridgehead atoms. The number of halogens is 3. The molecule has 146 valence electrons. The second-order valence-corrected chi connectivity index (χ2v) is 7.90. The first kappa shape index (κ1) is 19.7. The molecule has 5 nitrogen and oxygen atoms in total. The number of carbonyl (C=O) groups excluding carboxylic acids is 2. The lowest BCUT2D eigenvalue weighted by Crippen LogP contribution is -2.41. The number of carbonyl (C=O) groups is 2. The molecule has 3 heterocycles. The second kappa shape index (κ2) is 8.30. The van der Waals surface area contributed by atoms with E-state index in [-0.39, 0.29) is 24.9 Å². The number of rotatable bonds is 5. The summed E-state index contributed by atoms with van der Waals surface area (Å²) in [7, 11) is 0. The summed E-state index contributed by atoms with van der Waals surface area (Å²) in [5.74, 6) is -0.165. The Balaban J connectivity index is 1.58. The van der Waals surface area contributed by atoms with E-state index >= 15 is 0 Å². The summed E-state index contributed by atoms with van der Waals surface area (Å²) in [5.41, 5.74) is 1.11. The summed E-state index contributed by atoms with van der Waals surface area (Å²) in [6, 6.07) is 5.78. The molecule has 0 spiro atoms. The standard InChI is InChI=1S/C17H17F3N2O3S2/c18-17(19,20)10-25-16(24)21-6-3-14(23)22-7-4-12-11(5-9-27-12)15(22)13-2-1-8-26-13/h1-2,5,8-9,15H,3-4,6-7,10H2,(H,21,24). The van der Waals surface area contributed by atoms with Crippen LogP contribution in [0.2, 0.25) is 0 Å². The van der Waals surface area contributed by atoms with Crippen molar-refractivity contribution in [2.45, 2.75) is 25.1 Å². The van der Waals surface area contributed by atoms with Gasteiger partial charge in [-0.2, -0.15) is 13.2 Å². The van der Waals surface area contributed by atoms with Crippen molar-refractivity contribution in [2.75, 3.05) is 19.7 Å². The maximum Gasteiger partial charge on any atom is 0.422 e. The first-order valence-electron chi connectivity index (χ1n) is 8.21. The number of alkyl carbamates (subject to hydrolysis) is 1. The fourth-order valence-electron chi connectivity index (χ4n) is 2.95. The Morgan fingerprint density at radius 1 is 1.26 bits per heavy atom. The molecule has 1 N–H and O–H groups in total. The second-order valence-electron chi connectivity index (χ2n) is 5.92. The van der Waals surface area contributed by atoms with Crippen LogP contribution in [0.25, 0.3) is 0 Å². The minimum absolute atomic E-state index is 0.0114. The molecule has 0 saturated heterocycles. The quantitative estimate of drug-likeness (QED) is 0.800. The van der Waals surface area contributed by atoms with E-state index in [4.69, 9.17) is 0 Å². The summed E-state index contributed by atoms with van der Waals surface area (Å²) in [6.07, 6.45) is -5.01. The monoisotopic (exact) mass is 418 g/mol. The lowest BCUT2D eigenvalue weighted by atomic mass is 9.98. The minimum atomic E-state index is -4.58. The summed E-state index contributed by atoms with van der Waals surface area (Å²) < 4.78 is 40.1. The SMILES string of the molecule is O=C(NCCC(=O)N1CCc2sccc2C1c1cccs1)OCC(F)(F)F. The third kappa shape index (κ3) is 5.01. The molecule has 0 radical (unpaired) electrons. The van der Waals surface area contributed by atoms with Crippen LogP contribution in [0.1, 0.15) is 27.8 Å². The van der Waals surface area contributed by atoms with Crippen molar-refractivity contribution < 1.29 is 27.5 Å². The molecular formula is C17H17F3N2O3S2. The first-order valence-corrected chi connectivity index (χ1v) is 9.97. The van der Waals surface area contributed by atoms with Gasteiger partial charge in [-0.1, -0.05) is 6.07 Å². The molecule has 0 aliphatic carbocycles. The van der Waals surface area contributed by atoms with Gasteiger partial charge in [0.15, 0.2) is 6.61 Å². The fourth-order valence-corrected chi connectivity index (χ4v) is 4.71. The highest BCUT2D eigenvalue weighted by Crippen LogP contribution is 2.39. The van der Waals surface area contributed by atoms with Gasteiger partial charge in [0.05, 0.1) is 6.04 Å². The number of hydrogen-bond acceptors (Lipinski definition) is 5. The van der Waals surface area contributed by atoms with Gasteiger partial charge in [0.1, 0.15) is 0 Å². The van der Waals surface area contributed by atoms with Crippen LogP contribution in [-0.4, -0.2) is 42.8 Å². The van der Waals surface area contributed by atoms with Crippen LogP contribution >= 0.6 is 22.7 Å². The van der Waals surface area contributed by atoms with Gasteiger partial charge in [-0.15, -0.1) is 22.7 Å². The molecule has 3 rings (SSSR count). The Hall–Kier alpha value is -2.07. The molecule has 2 amide bonds. The van der Waals surface area contributed by atoms with Gasteiger partial charge in [-0.25, -0.2) is 4.79 Å². The van der Waals surface area contributed by atoms with Gasteiger partial charge in [0.25, 0.3) is 0 Å². The number of hydrogen-bond donors (Lipinski definition) is 1. The molecular weight excluding hydrogens is 401 g/mol. The molecule has 1 aliphatic heterocycles. The zero-order chi connectivity index (χ0) is 19.4. The predicted octanol–water partition coefficient (Wildman–Crippen LogP) is 3.96. The van der Waals surface area contributed by atoms with Gasteiger partial charge >= 0.3 is 12.3 Å². The number of amides is 2. The van der Waals surface area contributed by atoms with Crippen molar-refractivity contribution in [1.82, 2.24) is 10.2 Å². The zero-order valence-corrected chi connectivity index (χ0v) is 15.8. The summed E-state index contributed by atoms with van der Waals surface area (Å²) in [5, 5.41) is 6.15. The number of thiophene rings is 2. The van der Waals surface area contributed by atoms with Crippen molar-refractivity contribution in [3.05, 3.63) is 44.3 Å². The van der Waals surface area contributed by atoms with E-state index in [2.05, 4.69) is 10.1 Å². The lowest BCUT2D eigenvalue weighted by molar-refractivity contribution is -0.160. The fraction of sp³-hybridized carbons (Fsp3) is 0.412. The maximum atomic E-state index is 12.7. The third-order valence-corrected chi connectivity index (χ3v) is 6.00. The van der Waals surface area contributed by atoms with Gasteiger partial charge < -0.3 is 15.0 Å². The number of alkyl halides is 3. The van der Waals surface area contributed by atoms with Crippen molar-refractivity contribution in [2.24, 2.45) is 0 Å². The molecule has 0 fully saturated rings. The van der Waals surface area contributed by atoms with Gasteiger partial charge in [0.2, 0.25) is 5.91 Å². The van der Waals surface area contributed by atoms with E-state index < -0.39 is 18.9 Å². The molecule has 1 unspecified atom stereocenters. The summed E-state index contributed by atoms with van der Waals surface area (Å²) >= 11 is 3.24. The van der Waals surface area contributed by atoms with E-state index in [9.17, 15) is 22.8 Å². The van der Waals surface area contributed by atoms with Crippen LogP contribution in [-0.2, 0) is 16.0 Å². The van der Waals surface area contributed by atoms with Crippen LogP contribution in [0.15, 0.2) is 29.0 Å². The van der Waals surface area contributed by atoms with Crippen LogP contribution in [0.5, 0.6) is 0 Å². The van der Waals surface area contributed by atoms with E-state index in [0.717, 1.165) is 16.9 Å². The third-order valence-electron chi connectivity index (χ3n) is 4.07. The van der Waals surface area contributed by atoms with E-state index in [1.165, 1.54) is 4.88 Å². The van der Waals surface area contributed by atoms with E-state index in [1.54, 1.807) is 27.6 Å². The topological polar surface area (TPSA) is 58.6 Å². The molecule has 27 heavy (non-hydrogen) atoms. The normalized spacial score (nSPS) is 16.7. The van der Waals surface area contributed by atoms with Crippen LogP contribution in [0.4, 0.5) is 18.0 Å². The maximum absolute atomic E-state index is 12.7. The van der Waals surface area contributed by atoms with Crippen LogP contribution in [0.3, 0.4) is 0 Å². The highest BCUT2D eigenvalue weighted by Gasteiger charge is 2.33. The van der Waals surface area contributed by atoms with Crippen LogP contribution < -0.4 is 5.32 Å². The van der Waals surface area contributed by atoms with Crippen molar-refractivity contribution in [3.8, 4) is 0 Å². The number of ether oxygens (including phenoxy) is 1. The van der Waals surface area contributed by atoms with Gasteiger partial charge in [0, 0.05) is 29.3 Å². The van der Waals surface area contributed by atoms with Crippen molar-refractivity contribution in [3.63, 3.8) is 0 Å². The largest absolute Gasteiger partial charge is 0.440 e. The first-order chi connectivity index (χ1) is 12.8.